The summed E-state index contributed by atoms with van der Waals surface area (Å²) in [6.45, 7) is 3.09. The molecule has 0 radical (unpaired) electrons. The SMILES string of the molecule is Cc1cccc([C@H]2NC(=O)NC3=C2C(=O)N(CCc2ccccc2)C3)c1. The van der Waals surface area contributed by atoms with E-state index >= 15 is 0 Å². The van der Waals surface area contributed by atoms with Crippen LogP contribution in [0.3, 0.4) is 0 Å². The minimum absolute atomic E-state index is 0.00469. The Balaban J connectivity index is 1.56. The van der Waals surface area contributed by atoms with Gasteiger partial charge in [0.05, 0.1) is 23.9 Å². The number of amides is 3. The van der Waals surface area contributed by atoms with Crippen molar-refractivity contribution in [3.63, 3.8) is 0 Å². The highest BCUT2D eigenvalue weighted by atomic mass is 16.2. The fraction of sp³-hybridized carbons (Fsp3) is 0.238. The Kier molecular flexibility index (Phi) is 4.21. The van der Waals surface area contributed by atoms with Gasteiger partial charge in [-0.1, -0.05) is 60.2 Å². The van der Waals surface area contributed by atoms with Crippen LogP contribution in [0, 0.1) is 6.92 Å². The van der Waals surface area contributed by atoms with Crippen molar-refractivity contribution in [3.05, 3.63) is 82.6 Å². The van der Waals surface area contributed by atoms with Crippen molar-refractivity contribution in [1.29, 1.82) is 0 Å². The molecule has 5 heteroatoms. The summed E-state index contributed by atoms with van der Waals surface area (Å²) in [5, 5.41) is 5.72. The third kappa shape index (κ3) is 3.08. The number of nitrogens with zero attached hydrogens (tertiary/aromatic N) is 1. The predicted molar refractivity (Wildman–Crippen MR) is 99.3 cm³/mol. The van der Waals surface area contributed by atoms with Gasteiger partial charge in [-0.05, 0) is 24.5 Å². The van der Waals surface area contributed by atoms with Gasteiger partial charge in [0.25, 0.3) is 5.91 Å². The normalized spacial score (nSPS) is 19.3. The first kappa shape index (κ1) is 16.4. The van der Waals surface area contributed by atoms with Crippen LogP contribution in [0.25, 0.3) is 0 Å². The number of urea groups is 1. The zero-order valence-electron chi connectivity index (χ0n) is 14.7. The average molecular weight is 347 g/mol. The molecule has 0 saturated heterocycles. The van der Waals surface area contributed by atoms with E-state index in [1.54, 1.807) is 0 Å². The van der Waals surface area contributed by atoms with Gasteiger partial charge in [0.15, 0.2) is 0 Å². The molecule has 2 N–H and O–H groups in total. The van der Waals surface area contributed by atoms with Crippen molar-refractivity contribution in [2.75, 3.05) is 13.1 Å². The van der Waals surface area contributed by atoms with E-state index in [1.807, 2.05) is 54.3 Å². The minimum Gasteiger partial charge on any atom is -0.333 e. The van der Waals surface area contributed by atoms with E-state index in [0.717, 1.165) is 23.2 Å². The Hall–Kier alpha value is -3.08. The lowest BCUT2D eigenvalue weighted by Crippen LogP contribution is -2.44. The monoisotopic (exact) mass is 347 g/mol. The van der Waals surface area contributed by atoms with Crippen molar-refractivity contribution in [1.82, 2.24) is 15.5 Å². The molecule has 1 atom stereocenters. The van der Waals surface area contributed by atoms with E-state index < -0.39 is 6.04 Å². The highest BCUT2D eigenvalue weighted by molar-refractivity contribution is 6.01. The van der Waals surface area contributed by atoms with Gasteiger partial charge in [0, 0.05) is 6.54 Å². The second kappa shape index (κ2) is 6.67. The van der Waals surface area contributed by atoms with Crippen molar-refractivity contribution in [3.8, 4) is 0 Å². The number of rotatable bonds is 4. The van der Waals surface area contributed by atoms with E-state index in [1.165, 1.54) is 5.56 Å². The van der Waals surface area contributed by atoms with Crippen LogP contribution in [-0.4, -0.2) is 29.9 Å². The summed E-state index contributed by atoms with van der Waals surface area (Å²) in [6.07, 6.45) is 0.795. The second-order valence-electron chi connectivity index (χ2n) is 6.80. The molecule has 5 nitrogen and oxygen atoms in total. The summed E-state index contributed by atoms with van der Waals surface area (Å²) in [7, 11) is 0. The molecule has 0 fully saturated rings. The maximum absolute atomic E-state index is 13.0. The number of nitrogens with one attached hydrogen (secondary N) is 2. The molecule has 2 aromatic carbocycles. The van der Waals surface area contributed by atoms with Gasteiger partial charge in [0.1, 0.15) is 0 Å². The Morgan fingerprint density at radius 3 is 2.65 bits per heavy atom. The molecule has 0 aliphatic carbocycles. The van der Waals surface area contributed by atoms with E-state index in [4.69, 9.17) is 0 Å². The van der Waals surface area contributed by atoms with Crippen LogP contribution >= 0.6 is 0 Å². The van der Waals surface area contributed by atoms with Gasteiger partial charge >= 0.3 is 6.03 Å². The van der Waals surface area contributed by atoms with Crippen LogP contribution in [0.5, 0.6) is 0 Å². The molecule has 2 aromatic rings. The fourth-order valence-corrected chi connectivity index (χ4v) is 3.62. The van der Waals surface area contributed by atoms with Gasteiger partial charge in [-0.15, -0.1) is 0 Å². The maximum atomic E-state index is 13.0. The summed E-state index contributed by atoms with van der Waals surface area (Å²) in [5.41, 5.74) is 4.61. The molecular weight excluding hydrogens is 326 g/mol. The quantitative estimate of drug-likeness (QED) is 0.893. The van der Waals surface area contributed by atoms with Crippen LogP contribution in [0.15, 0.2) is 65.9 Å². The Bertz CT molecular complexity index is 889. The summed E-state index contributed by atoms with van der Waals surface area (Å²) in [5.74, 6) is -0.00469. The molecule has 0 unspecified atom stereocenters. The molecule has 2 aliphatic heterocycles. The minimum atomic E-state index is -0.395. The van der Waals surface area contributed by atoms with Crippen LogP contribution < -0.4 is 10.6 Å². The molecule has 2 heterocycles. The molecule has 26 heavy (non-hydrogen) atoms. The first-order valence-electron chi connectivity index (χ1n) is 8.82. The molecule has 2 aliphatic rings. The van der Waals surface area contributed by atoms with Gasteiger partial charge in [0.2, 0.25) is 0 Å². The lowest BCUT2D eigenvalue weighted by molar-refractivity contribution is -0.125. The van der Waals surface area contributed by atoms with Crippen molar-refractivity contribution >= 4 is 11.9 Å². The van der Waals surface area contributed by atoms with E-state index in [0.29, 0.717) is 18.7 Å². The van der Waals surface area contributed by atoms with Crippen LogP contribution in [0.4, 0.5) is 4.79 Å². The van der Waals surface area contributed by atoms with E-state index in [-0.39, 0.29) is 11.9 Å². The highest BCUT2D eigenvalue weighted by Gasteiger charge is 2.40. The van der Waals surface area contributed by atoms with Crippen molar-refractivity contribution in [2.45, 2.75) is 19.4 Å². The van der Waals surface area contributed by atoms with Gasteiger partial charge < -0.3 is 15.5 Å². The lowest BCUT2D eigenvalue weighted by Gasteiger charge is -2.25. The number of carbonyl (C=O) groups excluding carboxylic acids is 2. The number of hydrogen-bond acceptors (Lipinski definition) is 2. The molecular formula is C21H21N3O2. The first-order chi connectivity index (χ1) is 12.6. The van der Waals surface area contributed by atoms with E-state index in [2.05, 4.69) is 22.8 Å². The molecule has 3 amide bonds. The van der Waals surface area contributed by atoms with Crippen LogP contribution in [0.2, 0.25) is 0 Å². The highest BCUT2D eigenvalue weighted by Crippen LogP contribution is 2.32. The molecule has 132 valence electrons. The summed E-state index contributed by atoms with van der Waals surface area (Å²) < 4.78 is 0. The van der Waals surface area contributed by atoms with Crippen molar-refractivity contribution < 1.29 is 9.59 Å². The molecule has 0 aromatic heterocycles. The lowest BCUT2D eigenvalue weighted by atomic mass is 9.95. The maximum Gasteiger partial charge on any atom is 0.319 e. The topological polar surface area (TPSA) is 61.4 Å². The molecule has 0 bridgehead atoms. The van der Waals surface area contributed by atoms with Gasteiger partial charge in [-0.25, -0.2) is 4.79 Å². The average Bonchev–Trinajstić information content (AvgIpc) is 2.96. The van der Waals surface area contributed by atoms with Crippen molar-refractivity contribution in [2.24, 2.45) is 0 Å². The molecule has 4 rings (SSSR count). The summed E-state index contributed by atoms with van der Waals surface area (Å²) in [6, 6.07) is 17.4. The van der Waals surface area contributed by atoms with Gasteiger partial charge in [-0.2, -0.15) is 0 Å². The largest absolute Gasteiger partial charge is 0.333 e. The summed E-state index contributed by atoms with van der Waals surface area (Å²) >= 11 is 0. The Morgan fingerprint density at radius 2 is 1.88 bits per heavy atom. The second-order valence-corrected chi connectivity index (χ2v) is 6.80. The van der Waals surface area contributed by atoms with Crippen LogP contribution in [0.1, 0.15) is 22.7 Å². The predicted octanol–water partition coefficient (Wildman–Crippen LogP) is 2.69. The smallest absolute Gasteiger partial charge is 0.319 e. The zero-order valence-corrected chi connectivity index (χ0v) is 14.7. The number of hydrogen-bond donors (Lipinski definition) is 2. The third-order valence-corrected chi connectivity index (χ3v) is 4.91. The third-order valence-electron chi connectivity index (χ3n) is 4.91. The zero-order chi connectivity index (χ0) is 18.1. The molecule has 0 saturated carbocycles. The number of carbonyl (C=O) groups is 2. The standard InChI is InChI=1S/C21H21N3O2/c1-14-6-5-9-16(12-14)19-18-17(22-21(26)23-19)13-24(20(18)25)11-10-15-7-3-2-4-8-15/h2-9,12,19H,10-11,13H2,1H3,(H2,22,23,26)/t19-/m1/s1. The Labute approximate surface area is 152 Å². The summed E-state index contributed by atoms with van der Waals surface area (Å²) in [4.78, 5) is 26.9. The Morgan fingerprint density at radius 1 is 1.08 bits per heavy atom. The fourth-order valence-electron chi connectivity index (χ4n) is 3.62. The first-order valence-corrected chi connectivity index (χ1v) is 8.82. The van der Waals surface area contributed by atoms with E-state index in [9.17, 15) is 9.59 Å². The van der Waals surface area contributed by atoms with Gasteiger partial charge in [-0.3, -0.25) is 4.79 Å². The number of benzene rings is 2. The number of aryl methyl sites for hydroxylation is 1. The molecule has 0 spiro atoms. The van der Waals surface area contributed by atoms with Crippen LogP contribution in [-0.2, 0) is 11.2 Å².